The van der Waals surface area contributed by atoms with Gasteiger partial charge >= 0.3 is 12.4 Å². The van der Waals surface area contributed by atoms with Gasteiger partial charge < -0.3 is 18.3 Å². The van der Waals surface area contributed by atoms with Gasteiger partial charge in [0.15, 0.2) is 42.6 Å². The van der Waals surface area contributed by atoms with Gasteiger partial charge in [0.2, 0.25) is 0 Å². The van der Waals surface area contributed by atoms with E-state index in [-0.39, 0.29) is 48.7 Å². The first-order chi connectivity index (χ1) is 28.2. The van der Waals surface area contributed by atoms with E-state index in [0.29, 0.717) is 52.5 Å². The van der Waals surface area contributed by atoms with Crippen LogP contribution in [0, 0.1) is 6.92 Å². The lowest BCUT2D eigenvalue weighted by Crippen LogP contribution is -2.42. The Bertz CT molecular complexity index is 2750. The van der Waals surface area contributed by atoms with Gasteiger partial charge in [-0.05, 0) is 104 Å². The number of aryl methyl sites for hydroxylation is 2. The second kappa shape index (κ2) is 16.2. The molecule has 0 spiro atoms. The van der Waals surface area contributed by atoms with Gasteiger partial charge in [-0.1, -0.05) is 31.2 Å². The topological polar surface area (TPSA) is 139 Å². The van der Waals surface area contributed by atoms with Crippen molar-refractivity contribution < 1.29 is 61.5 Å². The third-order valence-corrected chi connectivity index (χ3v) is 15.6. The Balaban J connectivity index is 0.000000182. The van der Waals surface area contributed by atoms with Gasteiger partial charge in [0.05, 0.1) is 43.1 Å². The van der Waals surface area contributed by atoms with Gasteiger partial charge in [-0.15, -0.1) is 0 Å². The number of oxazole rings is 2. The molecule has 2 aliphatic heterocycles. The minimum Gasteiger partial charge on any atom is -0.441 e. The van der Waals surface area contributed by atoms with Crippen LogP contribution in [0.5, 0.6) is 0 Å². The molecule has 320 valence electrons. The molecule has 4 aromatic carbocycles. The van der Waals surface area contributed by atoms with E-state index in [4.69, 9.17) is 18.3 Å². The SMILES string of the molecule is CCc1nc2cc(C3CC(C)(S(=O)(=O)c4cccc(C(F)(F)F)c4)CCO3)ccc2o1.Cc1nc2cc(C3CC(S(=O)(=O)c4cccc(C(F)(F)F)c4)CCO3)ccc2o1. The minimum absolute atomic E-state index is 0.121. The zero-order valence-electron chi connectivity index (χ0n) is 32.5. The van der Waals surface area contributed by atoms with E-state index >= 15 is 0 Å². The Morgan fingerprint density at radius 1 is 0.717 bits per heavy atom. The number of hydrogen-bond donors (Lipinski definition) is 0. The number of alkyl halides is 6. The Hall–Kier alpha value is -4.78. The van der Waals surface area contributed by atoms with Crippen molar-refractivity contribution in [3.63, 3.8) is 0 Å². The lowest BCUT2D eigenvalue weighted by atomic mass is 9.92. The van der Waals surface area contributed by atoms with E-state index in [2.05, 4.69) is 9.97 Å². The Morgan fingerprint density at radius 3 is 1.92 bits per heavy atom. The molecule has 10 nitrogen and oxygen atoms in total. The molecule has 0 amide bonds. The maximum absolute atomic E-state index is 13.4. The van der Waals surface area contributed by atoms with Crippen molar-refractivity contribution in [3.05, 3.63) is 119 Å². The standard InChI is InChI=1S/C22H22F3NO4S.C20H18F3NO4S/c1-3-20-26-17-11-14(7-8-18(17)30-20)19-13-21(2,9-10-29-19)31(27,28)16-6-4-5-15(12-16)22(23,24)25;1-12-24-17-9-13(5-6-18(17)28-12)19-11-16(7-8-27-19)29(25,26)15-4-2-3-14(10-15)20(21,22)23/h4-8,11-12,19H,3,9-10,13H2,1-2H3;2-6,9-10,16,19H,7-8,11H2,1H3. The van der Waals surface area contributed by atoms with Crippen LogP contribution in [0.15, 0.2) is 104 Å². The molecule has 0 N–H and O–H groups in total. The third kappa shape index (κ3) is 8.83. The fraction of sp³-hybridized carbons (Fsp3) is 0.381. The van der Waals surface area contributed by atoms with Crippen LogP contribution < -0.4 is 0 Å². The van der Waals surface area contributed by atoms with Crippen molar-refractivity contribution in [1.29, 1.82) is 0 Å². The van der Waals surface area contributed by atoms with E-state index in [1.54, 1.807) is 44.2 Å². The number of rotatable bonds is 7. The third-order valence-electron chi connectivity index (χ3n) is 10.9. The van der Waals surface area contributed by atoms with Crippen molar-refractivity contribution >= 4 is 41.9 Å². The fourth-order valence-electron chi connectivity index (χ4n) is 7.48. The number of halogens is 6. The first-order valence-corrected chi connectivity index (χ1v) is 22.0. The molecule has 18 heteroatoms. The monoisotopic (exact) mass is 878 g/mol. The fourth-order valence-corrected chi connectivity index (χ4v) is 11.1. The summed E-state index contributed by atoms with van der Waals surface area (Å²) in [7, 11) is -7.98. The molecule has 6 aromatic rings. The summed E-state index contributed by atoms with van der Waals surface area (Å²) in [5, 5.41) is -0.834. The summed E-state index contributed by atoms with van der Waals surface area (Å²) in [6.45, 7) is 5.61. The van der Waals surface area contributed by atoms with Crippen LogP contribution >= 0.6 is 0 Å². The second-order valence-corrected chi connectivity index (χ2v) is 19.7. The summed E-state index contributed by atoms with van der Waals surface area (Å²) >= 11 is 0. The average molecular weight is 879 g/mol. The maximum Gasteiger partial charge on any atom is 0.416 e. The van der Waals surface area contributed by atoms with Crippen LogP contribution in [0.25, 0.3) is 22.2 Å². The van der Waals surface area contributed by atoms with Crippen LogP contribution in [0.4, 0.5) is 26.3 Å². The summed E-state index contributed by atoms with van der Waals surface area (Å²) in [5.41, 5.74) is 2.12. The quantitative estimate of drug-likeness (QED) is 0.142. The average Bonchev–Trinajstić information content (AvgIpc) is 3.82. The maximum atomic E-state index is 13.4. The first-order valence-electron chi connectivity index (χ1n) is 19.0. The van der Waals surface area contributed by atoms with Gasteiger partial charge in [-0.25, -0.2) is 26.8 Å². The number of ether oxygens (including phenoxy) is 2. The second-order valence-electron chi connectivity index (χ2n) is 15.0. The Kier molecular flexibility index (Phi) is 11.7. The molecular weight excluding hydrogens is 839 g/mol. The molecule has 8 rings (SSSR count). The zero-order chi connectivity index (χ0) is 43.3. The molecule has 0 saturated carbocycles. The minimum atomic E-state index is -4.62. The molecule has 2 fully saturated rings. The smallest absolute Gasteiger partial charge is 0.416 e. The van der Waals surface area contributed by atoms with Gasteiger partial charge in [-0.3, -0.25) is 0 Å². The molecule has 4 atom stereocenters. The lowest BCUT2D eigenvalue weighted by Gasteiger charge is -2.38. The summed E-state index contributed by atoms with van der Waals surface area (Å²) in [6.07, 6.45) is -8.90. The van der Waals surface area contributed by atoms with Crippen LogP contribution in [0.2, 0.25) is 0 Å². The molecule has 2 aromatic heterocycles. The van der Waals surface area contributed by atoms with E-state index in [1.165, 1.54) is 12.1 Å². The van der Waals surface area contributed by atoms with Crippen molar-refractivity contribution in [3.8, 4) is 0 Å². The van der Waals surface area contributed by atoms with E-state index in [9.17, 15) is 43.2 Å². The predicted molar refractivity (Wildman–Crippen MR) is 207 cm³/mol. The van der Waals surface area contributed by atoms with Gasteiger partial charge in [0.1, 0.15) is 11.0 Å². The number of benzene rings is 4. The number of sulfone groups is 2. The highest BCUT2D eigenvalue weighted by Crippen LogP contribution is 2.43. The zero-order valence-corrected chi connectivity index (χ0v) is 34.1. The molecular formula is C42H40F6N2O8S2. The normalized spacial score (nSPS) is 21.8. The van der Waals surface area contributed by atoms with Crippen molar-refractivity contribution in [2.24, 2.45) is 0 Å². The van der Waals surface area contributed by atoms with Gasteiger partial charge in [0, 0.05) is 26.6 Å². The molecule has 4 unspecified atom stereocenters. The van der Waals surface area contributed by atoms with Crippen LogP contribution in [0.3, 0.4) is 0 Å². The van der Waals surface area contributed by atoms with Crippen LogP contribution in [0.1, 0.15) is 85.8 Å². The van der Waals surface area contributed by atoms with Gasteiger partial charge in [0.25, 0.3) is 0 Å². The molecule has 60 heavy (non-hydrogen) atoms. The van der Waals surface area contributed by atoms with Crippen molar-refractivity contribution in [1.82, 2.24) is 9.97 Å². The van der Waals surface area contributed by atoms with Crippen molar-refractivity contribution in [2.75, 3.05) is 13.2 Å². The largest absolute Gasteiger partial charge is 0.441 e. The number of aromatic nitrogens is 2. The molecule has 4 heterocycles. The Labute approximate surface area is 341 Å². The van der Waals surface area contributed by atoms with Gasteiger partial charge in [-0.2, -0.15) is 26.3 Å². The number of fused-ring (bicyclic) bond motifs is 2. The molecule has 2 saturated heterocycles. The van der Waals surface area contributed by atoms with E-state index in [0.717, 1.165) is 35.4 Å². The summed E-state index contributed by atoms with van der Waals surface area (Å²) in [6, 6.07) is 18.5. The lowest BCUT2D eigenvalue weighted by molar-refractivity contribution is -0.138. The van der Waals surface area contributed by atoms with Crippen molar-refractivity contribution in [2.45, 2.75) is 97.2 Å². The molecule has 0 bridgehead atoms. The van der Waals surface area contributed by atoms with E-state index in [1.807, 2.05) is 13.0 Å². The highest BCUT2D eigenvalue weighted by atomic mass is 32.2. The Morgan fingerprint density at radius 2 is 1.28 bits per heavy atom. The molecule has 0 aliphatic carbocycles. The highest BCUT2D eigenvalue weighted by Gasteiger charge is 2.46. The predicted octanol–water partition coefficient (Wildman–Crippen LogP) is 10.3. The summed E-state index contributed by atoms with van der Waals surface area (Å²) in [5.74, 6) is 1.13. The summed E-state index contributed by atoms with van der Waals surface area (Å²) < 4.78 is 152. The number of hydrogen-bond acceptors (Lipinski definition) is 10. The number of nitrogens with zero attached hydrogens (tertiary/aromatic N) is 2. The van der Waals surface area contributed by atoms with Crippen LogP contribution in [-0.4, -0.2) is 50.0 Å². The molecule has 2 aliphatic rings. The summed E-state index contributed by atoms with van der Waals surface area (Å²) in [4.78, 5) is 8.03. The molecule has 0 radical (unpaired) electrons. The van der Waals surface area contributed by atoms with Crippen LogP contribution in [-0.2, 0) is 47.9 Å². The highest BCUT2D eigenvalue weighted by molar-refractivity contribution is 7.93. The van der Waals surface area contributed by atoms with E-state index < -0.39 is 65.4 Å². The first kappa shape index (κ1) is 43.3.